The monoisotopic (exact) mass is 382 g/mol. The predicted molar refractivity (Wildman–Crippen MR) is 106 cm³/mol. The van der Waals surface area contributed by atoms with Crippen molar-refractivity contribution in [2.75, 3.05) is 25.0 Å². The summed E-state index contributed by atoms with van der Waals surface area (Å²) < 4.78 is 0. The maximum Gasteiger partial charge on any atom is 0.231 e. The number of fused-ring (bicyclic) bond motifs is 1. The number of anilines is 1. The van der Waals surface area contributed by atoms with Crippen LogP contribution in [0.1, 0.15) is 36.0 Å². The number of aromatic hydroxyl groups is 1. The van der Waals surface area contributed by atoms with Crippen LogP contribution in [0.4, 0.5) is 5.82 Å². The van der Waals surface area contributed by atoms with Crippen LogP contribution in [0.5, 0.6) is 5.75 Å². The van der Waals surface area contributed by atoms with E-state index in [1.54, 1.807) is 12.3 Å². The zero-order valence-electron chi connectivity index (χ0n) is 16.1. The number of carbonyl (C=O) groups is 1. The summed E-state index contributed by atoms with van der Waals surface area (Å²) in [4.78, 5) is 17.7. The van der Waals surface area contributed by atoms with Gasteiger partial charge in [-0.25, -0.2) is 0 Å². The molecule has 0 aromatic carbocycles. The number of piperidine rings is 1. The minimum absolute atomic E-state index is 0.137. The highest BCUT2D eigenvalue weighted by atomic mass is 16.3. The molecule has 8 nitrogen and oxygen atoms in total. The Kier molecular flexibility index (Phi) is 5.13. The quantitative estimate of drug-likeness (QED) is 0.715. The van der Waals surface area contributed by atoms with Gasteiger partial charge in [0.1, 0.15) is 17.1 Å². The van der Waals surface area contributed by atoms with Crippen molar-refractivity contribution in [3.05, 3.63) is 29.0 Å². The number of pyridine rings is 1. The van der Waals surface area contributed by atoms with Crippen molar-refractivity contribution in [1.29, 1.82) is 0 Å². The minimum Gasteiger partial charge on any atom is -0.506 e. The van der Waals surface area contributed by atoms with Crippen LogP contribution in [0.2, 0.25) is 0 Å². The number of amides is 1. The van der Waals surface area contributed by atoms with E-state index in [2.05, 4.69) is 25.4 Å². The number of nitrogens with two attached hydrogens (primary N) is 1. The van der Waals surface area contributed by atoms with Gasteiger partial charge in [0.15, 0.2) is 5.82 Å². The predicted octanol–water partition coefficient (Wildman–Crippen LogP) is 1.40. The zero-order chi connectivity index (χ0) is 19.7. The number of primary amides is 1. The van der Waals surface area contributed by atoms with E-state index in [0.717, 1.165) is 62.1 Å². The lowest BCUT2D eigenvalue weighted by Gasteiger charge is -2.32. The molecule has 1 aliphatic carbocycles. The Hall–Kier alpha value is -2.74. The number of aromatic nitrogens is 3. The summed E-state index contributed by atoms with van der Waals surface area (Å²) in [5, 5.41) is 22.7. The summed E-state index contributed by atoms with van der Waals surface area (Å²) >= 11 is 0. The van der Waals surface area contributed by atoms with Gasteiger partial charge in [0.25, 0.3) is 0 Å². The molecule has 2 aromatic rings. The van der Waals surface area contributed by atoms with E-state index in [1.807, 2.05) is 6.92 Å². The second-order valence-corrected chi connectivity index (χ2v) is 7.77. The Balaban J connectivity index is 1.58. The molecule has 4 N–H and O–H groups in total. The molecule has 1 unspecified atom stereocenters. The Morgan fingerprint density at radius 1 is 1.29 bits per heavy atom. The van der Waals surface area contributed by atoms with Gasteiger partial charge >= 0.3 is 0 Å². The van der Waals surface area contributed by atoms with E-state index in [1.165, 1.54) is 5.56 Å². The molecule has 1 saturated heterocycles. The summed E-state index contributed by atoms with van der Waals surface area (Å²) in [6.07, 6.45) is 6.65. The summed E-state index contributed by atoms with van der Waals surface area (Å²) in [6.45, 7) is 3.84. The fourth-order valence-corrected chi connectivity index (χ4v) is 4.26. The molecule has 0 saturated carbocycles. The lowest BCUT2D eigenvalue weighted by molar-refractivity contribution is -0.119. The van der Waals surface area contributed by atoms with Gasteiger partial charge in [-0.15, -0.1) is 10.2 Å². The number of likely N-dealkylation sites (tertiary alicyclic amines) is 1. The van der Waals surface area contributed by atoms with Gasteiger partial charge in [-0.3, -0.25) is 14.7 Å². The van der Waals surface area contributed by atoms with Crippen molar-refractivity contribution in [2.45, 2.75) is 45.1 Å². The SMILES string of the molecule is Cc1cnc(-c2nnc(NC3CCCN(CC(N)=O)C3)c3c2CCC3)c(O)c1. The Morgan fingerprint density at radius 3 is 2.89 bits per heavy atom. The van der Waals surface area contributed by atoms with Gasteiger partial charge in [-0.2, -0.15) is 0 Å². The summed E-state index contributed by atoms with van der Waals surface area (Å²) in [5.41, 5.74) is 9.70. The Labute approximate surface area is 164 Å². The Morgan fingerprint density at radius 2 is 2.11 bits per heavy atom. The number of rotatable bonds is 5. The topological polar surface area (TPSA) is 117 Å². The average molecular weight is 382 g/mol. The minimum atomic E-state index is -0.295. The molecule has 0 bridgehead atoms. The van der Waals surface area contributed by atoms with E-state index in [-0.39, 0.29) is 17.7 Å². The third kappa shape index (κ3) is 3.77. The van der Waals surface area contributed by atoms with Gasteiger partial charge in [-0.1, -0.05) is 0 Å². The van der Waals surface area contributed by atoms with Crippen molar-refractivity contribution in [3.8, 4) is 17.1 Å². The second-order valence-electron chi connectivity index (χ2n) is 7.77. The highest BCUT2D eigenvalue weighted by Gasteiger charge is 2.27. The Bertz CT molecular complexity index is 901. The van der Waals surface area contributed by atoms with Crippen LogP contribution >= 0.6 is 0 Å². The molecule has 1 atom stereocenters. The van der Waals surface area contributed by atoms with Crippen molar-refractivity contribution >= 4 is 11.7 Å². The van der Waals surface area contributed by atoms with Gasteiger partial charge in [-0.05, 0) is 62.8 Å². The molecule has 1 aliphatic heterocycles. The van der Waals surface area contributed by atoms with E-state index in [4.69, 9.17) is 5.73 Å². The molecule has 2 aliphatic rings. The van der Waals surface area contributed by atoms with Crippen LogP contribution in [-0.4, -0.2) is 56.8 Å². The first kappa shape index (κ1) is 18.6. The first-order valence-electron chi connectivity index (χ1n) is 9.83. The first-order chi connectivity index (χ1) is 13.5. The van der Waals surface area contributed by atoms with Crippen LogP contribution in [0, 0.1) is 6.92 Å². The van der Waals surface area contributed by atoms with Crippen molar-refractivity contribution in [1.82, 2.24) is 20.1 Å². The van der Waals surface area contributed by atoms with Crippen LogP contribution in [0.15, 0.2) is 12.3 Å². The van der Waals surface area contributed by atoms with Crippen LogP contribution in [0.3, 0.4) is 0 Å². The molecular weight excluding hydrogens is 356 g/mol. The number of nitrogens with zero attached hydrogens (tertiary/aromatic N) is 4. The molecule has 2 aromatic heterocycles. The number of carbonyl (C=O) groups excluding carboxylic acids is 1. The number of aryl methyl sites for hydroxylation is 1. The van der Waals surface area contributed by atoms with Gasteiger partial charge in [0.05, 0.1) is 6.54 Å². The normalized spacial score (nSPS) is 19.4. The van der Waals surface area contributed by atoms with Crippen molar-refractivity contribution in [2.24, 2.45) is 5.73 Å². The van der Waals surface area contributed by atoms with E-state index in [9.17, 15) is 9.90 Å². The molecule has 1 fully saturated rings. The van der Waals surface area contributed by atoms with Crippen molar-refractivity contribution < 1.29 is 9.90 Å². The highest BCUT2D eigenvalue weighted by molar-refractivity contribution is 5.76. The van der Waals surface area contributed by atoms with Crippen LogP contribution in [0.25, 0.3) is 11.4 Å². The van der Waals surface area contributed by atoms with Gasteiger partial charge in [0, 0.05) is 24.3 Å². The fourth-order valence-electron chi connectivity index (χ4n) is 4.26. The summed E-state index contributed by atoms with van der Waals surface area (Å²) in [6, 6.07) is 1.91. The molecule has 1 amide bonds. The number of hydrogen-bond donors (Lipinski definition) is 3. The van der Waals surface area contributed by atoms with E-state index < -0.39 is 0 Å². The summed E-state index contributed by atoms with van der Waals surface area (Å²) in [5.74, 6) is 0.656. The molecule has 3 heterocycles. The van der Waals surface area contributed by atoms with Crippen LogP contribution in [-0.2, 0) is 17.6 Å². The third-order valence-electron chi connectivity index (χ3n) is 5.49. The zero-order valence-corrected chi connectivity index (χ0v) is 16.1. The van der Waals surface area contributed by atoms with E-state index in [0.29, 0.717) is 17.9 Å². The van der Waals surface area contributed by atoms with Gasteiger partial charge < -0.3 is 16.2 Å². The maximum absolute atomic E-state index is 11.2. The summed E-state index contributed by atoms with van der Waals surface area (Å²) in [7, 11) is 0. The van der Waals surface area contributed by atoms with Crippen LogP contribution < -0.4 is 11.1 Å². The largest absolute Gasteiger partial charge is 0.506 e. The number of hydrogen-bond acceptors (Lipinski definition) is 7. The fraction of sp³-hybridized carbons (Fsp3) is 0.500. The lowest BCUT2D eigenvalue weighted by Crippen LogP contribution is -2.45. The molecule has 0 radical (unpaired) electrons. The number of nitrogens with one attached hydrogen (secondary N) is 1. The molecule has 4 rings (SSSR count). The standard InChI is InChI=1S/C20H26N6O2/c1-12-8-16(27)19(22-9-12)18-14-5-2-6-15(14)20(25-24-18)23-13-4-3-7-26(10-13)11-17(21)28/h8-9,13,27H,2-7,10-11H2,1H3,(H2,21,28)(H,23,25). The van der Waals surface area contributed by atoms with Gasteiger partial charge in [0.2, 0.25) is 5.91 Å². The molecule has 148 valence electrons. The van der Waals surface area contributed by atoms with E-state index >= 15 is 0 Å². The third-order valence-corrected chi connectivity index (χ3v) is 5.49. The first-order valence-corrected chi connectivity index (χ1v) is 9.83. The maximum atomic E-state index is 11.2. The van der Waals surface area contributed by atoms with Crippen molar-refractivity contribution in [3.63, 3.8) is 0 Å². The smallest absolute Gasteiger partial charge is 0.231 e. The molecule has 0 spiro atoms. The highest BCUT2D eigenvalue weighted by Crippen LogP contribution is 2.36. The molecule has 28 heavy (non-hydrogen) atoms. The average Bonchev–Trinajstić information content (AvgIpc) is 3.13. The molecular formula is C20H26N6O2. The second kappa shape index (κ2) is 7.71. The molecule has 8 heteroatoms. The lowest BCUT2D eigenvalue weighted by atomic mass is 10.0.